The fourth-order valence-electron chi connectivity index (χ4n) is 3.30. The fourth-order valence-corrected chi connectivity index (χ4v) is 3.91. The molecule has 5 nitrogen and oxygen atoms in total. The maximum atomic E-state index is 12.7. The van der Waals surface area contributed by atoms with Crippen molar-refractivity contribution in [1.82, 2.24) is 20.5 Å². The van der Waals surface area contributed by atoms with Crippen LogP contribution in [0.2, 0.25) is 0 Å². The van der Waals surface area contributed by atoms with Gasteiger partial charge in [0, 0.05) is 5.56 Å². The smallest absolute Gasteiger partial charge is 0.230 e. The lowest BCUT2D eigenvalue weighted by molar-refractivity contribution is -0.119. The van der Waals surface area contributed by atoms with E-state index in [1.165, 1.54) is 22.9 Å². The molecule has 0 bridgehead atoms. The highest BCUT2D eigenvalue weighted by Gasteiger charge is 2.16. The molecule has 1 heterocycles. The van der Waals surface area contributed by atoms with Crippen LogP contribution in [0.25, 0.3) is 11.4 Å². The third-order valence-electron chi connectivity index (χ3n) is 4.94. The summed E-state index contributed by atoms with van der Waals surface area (Å²) in [6.45, 7) is 2.05. The number of H-pyrrole nitrogens is 1. The number of aryl methyl sites for hydroxylation is 1. The summed E-state index contributed by atoms with van der Waals surface area (Å²) < 4.78 is 0. The molecule has 0 spiro atoms. The van der Waals surface area contributed by atoms with E-state index in [1.807, 2.05) is 79.7 Å². The Morgan fingerprint density at radius 2 is 1.65 bits per heavy atom. The van der Waals surface area contributed by atoms with E-state index in [1.54, 1.807) is 0 Å². The molecule has 1 atom stereocenters. The lowest BCUT2D eigenvalue weighted by atomic mass is 9.99. The van der Waals surface area contributed by atoms with Crippen LogP contribution in [-0.4, -0.2) is 26.8 Å². The average Bonchev–Trinajstić information content (AvgIpc) is 3.28. The molecule has 1 aromatic heterocycles. The van der Waals surface area contributed by atoms with E-state index in [2.05, 4.69) is 32.6 Å². The van der Waals surface area contributed by atoms with Crippen LogP contribution in [0.15, 0.2) is 90.1 Å². The predicted octanol–water partition coefficient (Wildman–Crippen LogP) is 4.97. The zero-order valence-corrected chi connectivity index (χ0v) is 18.1. The van der Waals surface area contributed by atoms with E-state index in [-0.39, 0.29) is 17.7 Å². The number of hydrogen-bond donors (Lipinski definition) is 2. The Bertz CT molecular complexity index is 1110. The summed E-state index contributed by atoms with van der Waals surface area (Å²) >= 11 is 1.33. The Balaban J connectivity index is 1.38. The molecule has 0 aliphatic carbocycles. The van der Waals surface area contributed by atoms with Crippen LogP contribution >= 0.6 is 11.8 Å². The Kier molecular flexibility index (Phi) is 6.79. The van der Waals surface area contributed by atoms with E-state index in [4.69, 9.17) is 0 Å². The summed E-state index contributed by atoms with van der Waals surface area (Å²) in [6, 6.07) is 28.2. The molecule has 1 unspecified atom stereocenters. The number of nitrogens with zero attached hydrogens (tertiary/aromatic N) is 2. The SMILES string of the molecule is Cc1ccc(-c2nc(SCC(=O)NC(Cc3ccccc3)c3ccccc3)n[nH]2)cc1. The lowest BCUT2D eigenvalue weighted by Gasteiger charge is -2.19. The molecule has 31 heavy (non-hydrogen) atoms. The number of carbonyl (C=O) groups is 1. The van der Waals surface area contributed by atoms with Crippen LogP contribution in [0.1, 0.15) is 22.7 Å². The summed E-state index contributed by atoms with van der Waals surface area (Å²) in [7, 11) is 0. The van der Waals surface area contributed by atoms with Gasteiger partial charge in [-0.25, -0.2) is 4.98 Å². The Morgan fingerprint density at radius 1 is 0.968 bits per heavy atom. The minimum atomic E-state index is -0.0908. The molecule has 4 rings (SSSR count). The van der Waals surface area contributed by atoms with Crippen LogP contribution < -0.4 is 5.32 Å². The number of amides is 1. The van der Waals surface area contributed by atoms with E-state index in [9.17, 15) is 4.79 Å². The van der Waals surface area contributed by atoms with Crippen molar-refractivity contribution < 1.29 is 4.79 Å². The summed E-state index contributed by atoms with van der Waals surface area (Å²) in [4.78, 5) is 17.2. The Labute approximate surface area is 186 Å². The first-order valence-corrected chi connectivity index (χ1v) is 11.2. The minimum absolute atomic E-state index is 0.0449. The molecule has 1 amide bonds. The van der Waals surface area contributed by atoms with Gasteiger partial charge in [0.25, 0.3) is 0 Å². The molecule has 0 radical (unpaired) electrons. The van der Waals surface area contributed by atoms with Crippen LogP contribution in [0.4, 0.5) is 0 Å². The summed E-state index contributed by atoms with van der Waals surface area (Å²) in [5.41, 5.74) is 4.43. The average molecular weight is 429 g/mol. The highest BCUT2D eigenvalue weighted by Crippen LogP contribution is 2.21. The van der Waals surface area contributed by atoms with Gasteiger partial charge in [-0.2, -0.15) is 0 Å². The molecule has 0 aliphatic heterocycles. The molecular formula is C25H24N4OS. The first-order valence-electron chi connectivity index (χ1n) is 10.2. The van der Waals surface area contributed by atoms with Crippen LogP contribution in [0.3, 0.4) is 0 Å². The van der Waals surface area contributed by atoms with Crippen molar-refractivity contribution >= 4 is 17.7 Å². The van der Waals surface area contributed by atoms with Gasteiger partial charge in [-0.15, -0.1) is 5.10 Å². The van der Waals surface area contributed by atoms with Gasteiger partial charge in [-0.05, 0) is 24.5 Å². The van der Waals surface area contributed by atoms with Crippen molar-refractivity contribution in [3.8, 4) is 11.4 Å². The number of nitrogens with one attached hydrogen (secondary N) is 2. The second-order valence-corrected chi connectivity index (χ2v) is 8.28. The van der Waals surface area contributed by atoms with Crippen LogP contribution in [0, 0.1) is 6.92 Å². The number of hydrogen-bond acceptors (Lipinski definition) is 4. The van der Waals surface area contributed by atoms with Crippen molar-refractivity contribution in [1.29, 1.82) is 0 Å². The standard InChI is InChI=1S/C25H24N4OS/c1-18-12-14-21(15-13-18)24-27-25(29-28-24)31-17-23(30)26-22(20-10-6-3-7-11-20)16-19-8-4-2-5-9-19/h2-15,22H,16-17H2,1H3,(H,26,30)(H,27,28,29). The third kappa shape index (κ3) is 5.83. The normalized spacial score (nSPS) is 11.8. The zero-order chi connectivity index (χ0) is 21.5. The molecular weight excluding hydrogens is 404 g/mol. The topological polar surface area (TPSA) is 70.7 Å². The van der Waals surface area contributed by atoms with Gasteiger partial charge in [0.05, 0.1) is 11.8 Å². The van der Waals surface area contributed by atoms with Crippen LogP contribution in [0.5, 0.6) is 0 Å². The van der Waals surface area contributed by atoms with Crippen molar-refractivity contribution in [3.63, 3.8) is 0 Å². The molecule has 0 saturated heterocycles. The summed E-state index contributed by atoms with van der Waals surface area (Å²) in [5, 5.41) is 10.9. The molecule has 0 saturated carbocycles. The van der Waals surface area contributed by atoms with Crippen molar-refractivity contribution in [3.05, 3.63) is 102 Å². The molecule has 156 valence electrons. The number of aromatic amines is 1. The Morgan fingerprint density at radius 3 is 2.35 bits per heavy atom. The molecule has 6 heteroatoms. The first-order chi connectivity index (χ1) is 15.2. The second-order valence-electron chi connectivity index (χ2n) is 7.34. The van der Waals surface area contributed by atoms with E-state index >= 15 is 0 Å². The van der Waals surface area contributed by atoms with Crippen LogP contribution in [-0.2, 0) is 11.2 Å². The monoisotopic (exact) mass is 428 g/mol. The molecule has 2 N–H and O–H groups in total. The fraction of sp³-hybridized carbons (Fsp3) is 0.160. The molecule has 3 aromatic carbocycles. The quantitative estimate of drug-likeness (QED) is 0.389. The van der Waals surface area contributed by atoms with Gasteiger partial charge in [0.1, 0.15) is 0 Å². The Hall–Kier alpha value is -3.38. The highest BCUT2D eigenvalue weighted by atomic mass is 32.2. The van der Waals surface area contributed by atoms with Crippen molar-refractivity contribution in [2.75, 3.05) is 5.75 Å². The van der Waals surface area contributed by atoms with Gasteiger partial charge in [-0.1, -0.05) is 102 Å². The van der Waals surface area contributed by atoms with E-state index in [0.717, 1.165) is 17.5 Å². The van der Waals surface area contributed by atoms with Gasteiger partial charge >= 0.3 is 0 Å². The molecule has 0 aliphatic rings. The van der Waals surface area contributed by atoms with Gasteiger partial charge in [0.15, 0.2) is 5.82 Å². The van der Waals surface area contributed by atoms with Gasteiger partial charge in [0.2, 0.25) is 11.1 Å². The number of rotatable bonds is 8. The predicted molar refractivity (Wildman–Crippen MR) is 125 cm³/mol. The zero-order valence-electron chi connectivity index (χ0n) is 17.3. The van der Waals surface area contributed by atoms with E-state index < -0.39 is 0 Å². The van der Waals surface area contributed by atoms with E-state index in [0.29, 0.717) is 11.0 Å². The highest BCUT2D eigenvalue weighted by molar-refractivity contribution is 7.99. The lowest BCUT2D eigenvalue weighted by Crippen LogP contribution is -2.31. The number of carbonyl (C=O) groups excluding carboxylic acids is 1. The molecule has 4 aromatic rings. The number of benzene rings is 3. The third-order valence-corrected chi connectivity index (χ3v) is 5.79. The van der Waals surface area contributed by atoms with Gasteiger partial charge in [-0.3, -0.25) is 9.89 Å². The van der Waals surface area contributed by atoms with Crippen molar-refractivity contribution in [2.24, 2.45) is 0 Å². The molecule has 0 fully saturated rings. The summed E-state index contributed by atoms with van der Waals surface area (Å²) in [5.74, 6) is 0.911. The number of aromatic nitrogens is 3. The first kappa shape index (κ1) is 20.9. The maximum Gasteiger partial charge on any atom is 0.230 e. The largest absolute Gasteiger partial charge is 0.348 e. The second kappa shape index (κ2) is 10.1. The summed E-state index contributed by atoms with van der Waals surface area (Å²) in [6.07, 6.45) is 0.736. The maximum absolute atomic E-state index is 12.7. The van der Waals surface area contributed by atoms with Crippen molar-refractivity contribution in [2.45, 2.75) is 24.5 Å². The minimum Gasteiger partial charge on any atom is -0.348 e. The van der Waals surface area contributed by atoms with Gasteiger partial charge < -0.3 is 5.32 Å². The number of thioether (sulfide) groups is 1.